The zero-order valence-corrected chi connectivity index (χ0v) is 13.5. The van der Waals surface area contributed by atoms with Gasteiger partial charge in [-0.25, -0.2) is 0 Å². The summed E-state index contributed by atoms with van der Waals surface area (Å²) in [6, 6.07) is 5.25. The van der Waals surface area contributed by atoms with E-state index in [4.69, 9.17) is 16.3 Å². The molecule has 18 heavy (non-hydrogen) atoms. The molecule has 0 radical (unpaired) electrons. The standard InChI is InChI=1S/C12H12Br2ClNO2/c13-6-9-7-16(3-4-18-9)12(17)8-1-2-10(14)11(15)5-8/h1-2,5,9H,3-4,6-7H2. The fraction of sp³-hybridized carbons (Fsp3) is 0.417. The number of alkyl halides is 1. The highest BCUT2D eigenvalue weighted by Crippen LogP contribution is 2.24. The van der Waals surface area contributed by atoms with Crippen molar-refractivity contribution in [3.05, 3.63) is 33.3 Å². The van der Waals surface area contributed by atoms with Crippen molar-refractivity contribution in [2.75, 3.05) is 25.0 Å². The number of morpholine rings is 1. The van der Waals surface area contributed by atoms with Gasteiger partial charge in [-0.2, -0.15) is 0 Å². The van der Waals surface area contributed by atoms with E-state index in [1.807, 2.05) is 0 Å². The van der Waals surface area contributed by atoms with Gasteiger partial charge >= 0.3 is 0 Å². The summed E-state index contributed by atoms with van der Waals surface area (Å²) in [5, 5.41) is 1.28. The van der Waals surface area contributed by atoms with Crippen LogP contribution in [0.2, 0.25) is 5.02 Å². The molecule has 2 rings (SSSR count). The van der Waals surface area contributed by atoms with E-state index in [0.717, 1.165) is 9.80 Å². The monoisotopic (exact) mass is 395 g/mol. The van der Waals surface area contributed by atoms with Crippen molar-refractivity contribution in [1.29, 1.82) is 0 Å². The van der Waals surface area contributed by atoms with Gasteiger partial charge in [-0.1, -0.05) is 27.5 Å². The van der Waals surface area contributed by atoms with Crippen LogP contribution in [0.15, 0.2) is 22.7 Å². The molecule has 1 atom stereocenters. The lowest BCUT2D eigenvalue weighted by Gasteiger charge is -2.32. The summed E-state index contributed by atoms with van der Waals surface area (Å²) in [6.07, 6.45) is 0.0635. The van der Waals surface area contributed by atoms with E-state index >= 15 is 0 Å². The van der Waals surface area contributed by atoms with Gasteiger partial charge in [0.2, 0.25) is 0 Å². The van der Waals surface area contributed by atoms with Crippen molar-refractivity contribution in [3.8, 4) is 0 Å². The molecule has 1 unspecified atom stereocenters. The summed E-state index contributed by atoms with van der Waals surface area (Å²) < 4.78 is 6.30. The molecule has 1 heterocycles. The second kappa shape index (κ2) is 6.37. The molecule has 1 aliphatic rings. The maximum absolute atomic E-state index is 12.3. The van der Waals surface area contributed by atoms with Gasteiger partial charge in [0.15, 0.2) is 0 Å². The highest BCUT2D eigenvalue weighted by atomic mass is 79.9. The lowest BCUT2D eigenvalue weighted by atomic mass is 10.2. The van der Waals surface area contributed by atoms with Crippen molar-refractivity contribution in [2.24, 2.45) is 0 Å². The molecule has 1 amide bonds. The van der Waals surface area contributed by atoms with E-state index in [0.29, 0.717) is 30.3 Å². The molecule has 3 nitrogen and oxygen atoms in total. The fourth-order valence-electron chi connectivity index (χ4n) is 1.81. The Morgan fingerprint density at radius 3 is 3.00 bits per heavy atom. The molecule has 1 saturated heterocycles. The van der Waals surface area contributed by atoms with E-state index in [2.05, 4.69) is 31.9 Å². The van der Waals surface area contributed by atoms with Crippen LogP contribution in [0.25, 0.3) is 0 Å². The Hall–Kier alpha value is -0.100. The zero-order chi connectivity index (χ0) is 13.1. The van der Waals surface area contributed by atoms with Gasteiger partial charge in [0.1, 0.15) is 0 Å². The predicted octanol–water partition coefficient (Wildman–Crippen LogP) is 3.34. The molecular weight excluding hydrogens is 385 g/mol. The number of halogens is 3. The van der Waals surface area contributed by atoms with Crippen molar-refractivity contribution in [2.45, 2.75) is 6.10 Å². The maximum atomic E-state index is 12.3. The Labute approximate surface area is 128 Å². The van der Waals surface area contributed by atoms with Crippen LogP contribution in [0, 0.1) is 0 Å². The van der Waals surface area contributed by atoms with Crippen molar-refractivity contribution < 1.29 is 9.53 Å². The molecular formula is C12H12Br2ClNO2. The van der Waals surface area contributed by atoms with Crippen LogP contribution in [0.1, 0.15) is 10.4 Å². The minimum absolute atomic E-state index is 0.00125. The van der Waals surface area contributed by atoms with Crippen LogP contribution in [-0.2, 0) is 4.74 Å². The normalized spacial score (nSPS) is 19.9. The van der Waals surface area contributed by atoms with Gasteiger partial charge in [-0.05, 0) is 34.1 Å². The summed E-state index contributed by atoms with van der Waals surface area (Å²) in [5.41, 5.74) is 0.610. The van der Waals surface area contributed by atoms with Crippen LogP contribution in [0.5, 0.6) is 0 Å². The van der Waals surface area contributed by atoms with Gasteiger partial charge in [0, 0.05) is 28.5 Å². The molecule has 1 aromatic carbocycles. The average molecular weight is 397 g/mol. The first kappa shape index (κ1) is 14.3. The number of carbonyl (C=O) groups excluding carboxylic acids is 1. The van der Waals surface area contributed by atoms with E-state index in [1.54, 1.807) is 23.1 Å². The number of rotatable bonds is 2. The van der Waals surface area contributed by atoms with Crippen LogP contribution in [-0.4, -0.2) is 41.9 Å². The van der Waals surface area contributed by atoms with E-state index in [-0.39, 0.29) is 12.0 Å². The lowest BCUT2D eigenvalue weighted by Crippen LogP contribution is -2.46. The number of benzene rings is 1. The minimum Gasteiger partial charge on any atom is -0.374 e. The molecule has 0 saturated carbocycles. The van der Waals surface area contributed by atoms with E-state index in [1.165, 1.54) is 0 Å². The first-order chi connectivity index (χ1) is 8.61. The number of carbonyl (C=O) groups is 1. The Bertz CT molecular complexity index is 456. The van der Waals surface area contributed by atoms with Crippen molar-refractivity contribution in [1.82, 2.24) is 4.90 Å². The maximum Gasteiger partial charge on any atom is 0.254 e. The molecule has 98 valence electrons. The highest BCUT2D eigenvalue weighted by molar-refractivity contribution is 9.10. The largest absolute Gasteiger partial charge is 0.374 e. The Kier molecular flexibility index (Phi) is 5.06. The quantitative estimate of drug-likeness (QED) is 0.717. The number of hydrogen-bond acceptors (Lipinski definition) is 2. The second-order valence-electron chi connectivity index (χ2n) is 4.03. The van der Waals surface area contributed by atoms with Crippen LogP contribution >= 0.6 is 43.5 Å². The molecule has 0 aromatic heterocycles. The topological polar surface area (TPSA) is 29.5 Å². The van der Waals surface area contributed by atoms with Crippen molar-refractivity contribution in [3.63, 3.8) is 0 Å². The molecule has 0 N–H and O–H groups in total. The molecule has 0 spiro atoms. The van der Waals surface area contributed by atoms with E-state index in [9.17, 15) is 4.79 Å². The van der Waals surface area contributed by atoms with Gasteiger partial charge in [-0.15, -0.1) is 0 Å². The smallest absolute Gasteiger partial charge is 0.254 e. The van der Waals surface area contributed by atoms with Crippen molar-refractivity contribution >= 4 is 49.4 Å². The third-order valence-electron chi connectivity index (χ3n) is 2.76. The minimum atomic E-state index is -0.00125. The third kappa shape index (κ3) is 3.26. The summed E-state index contributed by atoms with van der Waals surface area (Å²) in [7, 11) is 0. The van der Waals surface area contributed by atoms with Crippen LogP contribution in [0.4, 0.5) is 0 Å². The molecule has 6 heteroatoms. The SMILES string of the molecule is O=C(c1ccc(Br)c(Cl)c1)N1CCOC(CBr)C1. The summed E-state index contributed by atoms with van der Waals surface area (Å²) in [4.78, 5) is 14.1. The first-order valence-corrected chi connectivity index (χ1v) is 7.83. The Morgan fingerprint density at radius 1 is 1.56 bits per heavy atom. The average Bonchev–Trinajstić information content (AvgIpc) is 2.41. The number of hydrogen-bond donors (Lipinski definition) is 0. The van der Waals surface area contributed by atoms with Crippen LogP contribution in [0.3, 0.4) is 0 Å². The molecule has 0 bridgehead atoms. The highest BCUT2D eigenvalue weighted by Gasteiger charge is 2.24. The van der Waals surface area contributed by atoms with Gasteiger partial charge in [0.05, 0.1) is 17.7 Å². The third-order valence-corrected chi connectivity index (χ3v) is 4.72. The lowest BCUT2D eigenvalue weighted by molar-refractivity contribution is -0.00964. The summed E-state index contributed by atoms with van der Waals surface area (Å²) in [5.74, 6) is -0.00125. The second-order valence-corrected chi connectivity index (χ2v) is 5.94. The van der Waals surface area contributed by atoms with Gasteiger partial charge in [0.25, 0.3) is 5.91 Å². The zero-order valence-electron chi connectivity index (χ0n) is 9.54. The summed E-state index contributed by atoms with van der Waals surface area (Å²) in [6.45, 7) is 1.81. The summed E-state index contributed by atoms with van der Waals surface area (Å²) >= 11 is 12.7. The Balaban J connectivity index is 2.12. The first-order valence-electron chi connectivity index (χ1n) is 5.53. The molecule has 1 aromatic rings. The van der Waals surface area contributed by atoms with Gasteiger partial charge in [-0.3, -0.25) is 4.79 Å². The molecule has 1 fully saturated rings. The Morgan fingerprint density at radius 2 is 2.33 bits per heavy atom. The number of nitrogens with zero attached hydrogens (tertiary/aromatic N) is 1. The molecule has 1 aliphatic heterocycles. The van der Waals surface area contributed by atoms with Gasteiger partial charge < -0.3 is 9.64 Å². The van der Waals surface area contributed by atoms with Crippen LogP contribution < -0.4 is 0 Å². The predicted molar refractivity (Wildman–Crippen MR) is 78.6 cm³/mol. The number of ether oxygens (including phenoxy) is 1. The fourth-order valence-corrected chi connectivity index (χ4v) is 2.63. The molecule has 0 aliphatic carbocycles. The number of amides is 1. The van der Waals surface area contributed by atoms with E-state index < -0.39 is 0 Å².